The molecule has 2 aromatic rings. The van der Waals surface area contributed by atoms with Gasteiger partial charge in [0.25, 0.3) is 0 Å². The van der Waals surface area contributed by atoms with Gasteiger partial charge < -0.3 is 14.6 Å². The highest BCUT2D eigenvalue weighted by atomic mass is 19.4. The second kappa shape index (κ2) is 7.68. The first-order chi connectivity index (χ1) is 13.9. The van der Waals surface area contributed by atoms with Crippen molar-refractivity contribution in [1.82, 2.24) is 4.90 Å². The molecule has 0 aromatic heterocycles. The molecule has 1 N–H and O–H groups in total. The van der Waals surface area contributed by atoms with Crippen LogP contribution in [0, 0.1) is 0 Å². The standard InChI is InChI=1S/C21H20F3NO4/c22-21(23,24)19-9-25(13(10-26)11-28-19)20(27)29-12-18-16-7-3-1-5-14(16)15-6-2-4-8-17(15)18/h1-8,13,18-19,26H,9-12H2. The van der Waals surface area contributed by atoms with E-state index in [0.29, 0.717) is 0 Å². The Balaban J connectivity index is 1.50. The number of rotatable bonds is 3. The van der Waals surface area contributed by atoms with Crippen molar-refractivity contribution in [1.29, 1.82) is 0 Å². The van der Waals surface area contributed by atoms with E-state index in [9.17, 15) is 23.1 Å². The van der Waals surface area contributed by atoms with Crippen LogP contribution in [0.3, 0.4) is 0 Å². The summed E-state index contributed by atoms with van der Waals surface area (Å²) in [4.78, 5) is 13.5. The molecule has 2 aromatic carbocycles. The van der Waals surface area contributed by atoms with Gasteiger partial charge in [0.05, 0.1) is 25.8 Å². The summed E-state index contributed by atoms with van der Waals surface area (Å²) in [6.07, 6.45) is -7.57. The lowest BCUT2D eigenvalue weighted by Gasteiger charge is -2.38. The van der Waals surface area contributed by atoms with Crippen molar-refractivity contribution in [3.8, 4) is 11.1 Å². The molecule has 4 rings (SSSR count). The van der Waals surface area contributed by atoms with Gasteiger partial charge in [-0.1, -0.05) is 48.5 Å². The number of amides is 1. The fourth-order valence-corrected chi connectivity index (χ4v) is 3.95. The number of nitrogens with zero attached hydrogens (tertiary/aromatic N) is 1. The Kier molecular flexibility index (Phi) is 5.23. The lowest BCUT2D eigenvalue weighted by atomic mass is 9.98. The summed E-state index contributed by atoms with van der Waals surface area (Å²) < 4.78 is 49.2. The first kappa shape index (κ1) is 19.7. The SMILES string of the molecule is O=C(OCC1c2ccccc2-c2ccccc21)N1CC(C(F)(F)F)OCC1CO. The van der Waals surface area contributed by atoms with Crippen LogP contribution in [0.25, 0.3) is 11.1 Å². The van der Waals surface area contributed by atoms with Gasteiger partial charge in [-0.05, 0) is 22.3 Å². The van der Waals surface area contributed by atoms with Crippen LogP contribution in [0.15, 0.2) is 48.5 Å². The van der Waals surface area contributed by atoms with Gasteiger partial charge in [-0.2, -0.15) is 13.2 Å². The minimum absolute atomic E-state index is 0.000942. The quantitative estimate of drug-likeness (QED) is 0.845. The third-order valence-corrected chi connectivity index (χ3v) is 5.44. The maximum Gasteiger partial charge on any atom is 0.416 e. The molecule has 8 heteroatoms. The third-order valence-electron chi connectivity index (χ3n) is 5.44. The number of alkyl halides is 3. The van der Waals surface area contributed by atoms with Crippen molar-refractivity contribution < 1.29 is 32.5 Å². The maximum absolute atomic E-state index is 13.0. The largest absolute Gasteiger partial charge is 0.448 e. The Hall–Kier alpha value is -2.58. The lowest BCUT2D eigenvalue weighted by Crippen LogP contribution is -2.57. The monoisotopic (exact) mass is 407 g/mol. The summed E-state index contributed by atoms with van der Waals surface area (Å²) in [6.45, 7) is -1.61. The number of hydrogen-bond acceptors (Lipinski definition) is 4. The number of aliphatic hydroxyl groups excluding tert-OH is 1. The normalized spacial score (nSPS) is 21.6. The molecule has 0 saturated carbocycles. The van der Waals surface area contributed by atoms with Gasteiger partial charge in [-0.15, -0.1) is 0 Å². The first-order valence-electron chi connectivity index (χ1n) is 9.31. The molecule has 2 aliphatic rings. The van der Waals surface area contributed by atoms with E-state index in [1.54, 1.807) is 0 Å². The molecule has 0 spiro atoms. The summed E-state index contributed by atoms with van der Waals surface area (Å²) in [5.41, 5.74) is 4.13. The summed E-state index contributed by atoms with van der Waals surface area (Å²) in [7, 11) is 0. The average Bonchev–Trinajstić information content (AvgIpc) is 3.04. The maximum atomic E-state index is 13.0. The number of benzene rings is 2. The van der Waals surface area contributed by atoms with Crippen molar-refractivity contribution in [2.24, 2.45) is 0 Å². The molecule has 154 valence electrons. The Morgan fingerprint density at radius 3 is 2.24 bits per heavy atom. The lowest BCUT2D eigenvalue weighted by molar-refractivity contribution is -0.242. The number of hydrogen-bond donors (Lipinski definition) is 1. The van der Waals surface area contributed by atoms with E-state index >= 15 is 0 Å². The molecule has 1 heterocycles. The van der Waals surface area contributed by atoms with Gasteiger partial charge >= 0.3 is 12.3 Å². The number of carbonyl (C=O) groups excluding carboxylic acids is 1. The van der Waals surface area contributed by atoms with Crippen LogP contribution in [0.5, 0.6) is 0 Å². The van der Waals surface area contributed by atoms with Crippen molar-refractivity contribution in [3.05, 3.63) is 59.7 Å². The fourth-order valence-electron chi connectivity index (χ4n) is 3.95. The Morgan fingerprint density at radius 1 is 1.10 bits per heavy atom. The molecular formula is C21H20F3NO4. The van der Waals surface area contributed by atoms with Crippen LogP contribution in [0.2, 0.25) is 0 Å². The number of carbonyl (C=O) groups is 1. The van der Waals surface area contributed by atoms with Gasteiger partial charge in [0, 0.05) is 5.92 Å². The second-order valence-corrected chi connectivity index (χ2v) is 7.16. The molecule has 1 amide bonds. The molecule has 1 aliphatic carbocycles. The highest BCUT2D eigenvalue weighted by Crippen LogP contribution is 2.44. The Morgan fingerprint density at radius 2 is 1.69 bits per heavy atom. The molecular weight excluding hydrogens is 387 g/mol. The summed E-state index contributed by atoms with van der Waals surface area (Å²) in [5, 5.41) is 9.43. The first-order valence-corrected chi connectivity index (χ1v) is 9.31. The van der Waals surface area contributed by atoms with Crippen LogP contribution in [-0.4, -0.2) is 60.8 Å². The Bertz CT molecular complexity index is 856. The van der Waals surface area contributed by atoms with Gasteiger partial charge in [-0.25, -0.2) is 4.79 Å². The van der Waals surface area contributed by atoms with Gasteiger partial charge in [0.1, 0.15) is 6.61 Å². The summed E-state index contributed by atoms with van der Waals surface area (Å²) >= 11 is 0. The number of aliphatic hydroxyl groups is 1. The van der Waals surface area contributed by atoms with E-state index in [0.717, 1.165) is 27.2 Å². The van der Waals surface area contributed by atoms with Crippen molar-refractivity contribution in [2.75, 3.05) is 26.4 Å². The van der Waals surface area contributed by atoms with E-state index in [2.05, 4.69) is 0 Å². The van der Waals surface area contributed by atoms with Crippen LogP contribution in [-0.2, 0) is 9.47 Å². The van der Waals surface area contributed by atoms with Gasteiger partial charge in [0.15, 0.2) is 6.10 Å². The van der Waals surface area contributed by atoms with Crippen LogP contribution >= 0.6 is 0 Å². The smallest absolute Gasteiger partial charge is 0.416 e. The minimum atomic E-state index is -4.59. The fraction of sp³-hybridized carbons (Fsp3) is 0.381. The number of halogens is 3. The zero-order valence-electron chi connectivity index (χ0n) is 15.4. The molecule has 0 radical (unpaired) electrons. The van der Waals surface area contributed by atoms with Crippen molar-refractivity contribution in [3.63, 3.8) is 0 Å². The Labute approximate surface area is 165 Å². The number of fused-ring (bicyclic) bond motifs is 3. The highest BCUT2D eigenvalue weighted by molar-refractivity contribution is 5.79. The number of morpholine rings is 1. The molecule has 5 nitrogen and oxygen atoms in total. The third kappa shape index (κ3) is 3.70. The van der Waals surface area contributed by atoms with Crippen LogP contribution < -0.4 is 0 Å². The van der Waals surface area contributed by atoms with Crippen LogP contribution in [0.1, 0.15) is 17.0 Å². The van der Waals surface area contributed by atoms with Crippen molar-refractivity contribution >= 4 is 6.09 Å². The second-order valence-electron chi connectivity index (χ2n) is 7.16. The predicted molar refractivity (Wildman–Crippen MR) is 98.4 cm³/mol. The zero-order valence-corrected chi connectivity index (χ0v) is 15.4. The molecule has 29 heavy (non-hydrogen) atoms. The van der Waals surface area contributed by atoms with E-state index in [1.807, 2.05) is 48.5 Å². The van der Waals surface area contributed by atoms with E-state index in [4.69, 9.17) is 9.47 Å². The topological polar surface area (TPSA) is 59.0 Å². The molecule has 1 aliphatic heterocycles. The molecule has 2 atom stereocenters. The van der Waals surface area contributed by atoms with Crippen molar-refractivity contribution in [2.45, 2.75) is 24.2 Å². The summed E-state index contributed by atoms with van der Waals surface area (Å²) in [6, 6.07) is 14.7. The minimum Gasteiger partial charge on any atom is -0.448 e. The molecule has 1 fully saturated rings. The zero-order chi connectivity index (χ0) is 20.6. The molecule has 0 bridgehead atoms. The van der Waals surface area contributed by atoms with Crippen LogP contribution in [0.4, 0.5) is 18.0 Å². The predicted octanol–water partition coefficient (Wildman–Crippen LogP) is 3.56. The highest BCUT2D eigenvalue weighted by Gasteiger charge is 2.47. The van der Waals surface area contributed by atoms with E-state index in [-0.39, 0.29) is 12.5 Å². The van der Waals surface area contributed by atoms with E-state index < -0.39 is 44.2 Å². The number of ether oxygens (including phenoxy) is 2. The molecule has 2 unspecified atom stereocenters. The summed E-state index contributed by atoms with van der Waals surface area (Å²) in [5.74, 6) is -0.196. The van der Waals surface area contributed by atoms with Gasteiger partial charge in [0.2, 0.25) is 0 Å². The van der Waals surface area contributed by atoms with Gasteiger partial charge in [-0.3, -0.25) is 4.90 Å². The van der Waals surface area contributed by atoms with E-state index in [1.165, 1.54) is 0 Å². The molecule has 1 saturated heterocycles. The average molecular weight is 407 g/mol.